The first kappa shape index (κ1) is 29.5. The van der Waals surface area contributed by atoms with Crippen molar-refractivity contribution in [3.05, 3.63) is 72.3 Å². The first-order valence-corrected chi connectivity index (χ1v) is 15.4. The van der Waals surface area contributed by atoms with Gasteiger partial charge < -0.3 is 14.9 Å². The molecule has 0 bridgehead atoms. The molecule has 1 atom stereocenters. The van der Waals surface area contributed by atoms with Gasteiger partial charge in [0.25, 0.3) is 0 Å². The van der Waals surface area contributed by atoms with E-state index in [1.54, 1.807) is 30.7 Å². The van der Waals surface area contributed by atoms with E-state index in [9.17, 15) is 23.1 Å². The van der Waals surface area contributed by atoms with E-state index in [0.29, 0.717) is 67.8 Å². The van der Waals surface area contributed by atoms with Crippen LogP contribution in [0.3, 0.4) is 0 Å². The molecule has 6 rings (SSSR count). The number of rotatable bonds is 6. The van der Waals surface area contributed by atoms with Crippen LogP contribution in [-0.4, -0.2) is 57.0 Å². The van der Waals surface area contributed by atoms with Crippen LogP contribution in [0.2, 0.25) is 0 Å². The number of hydrogen-bond acceptors (Lipinski definition) is 6. The van der Waals surface area contributed by atoms with Gasteiger partial charge in [-0.3, -0.25) is 9.78 Å². The minimum atomic E-state index is -4.36. The van der Waals surface area contributed by atoms with Crippen molar-refractivity contribution in [2.24, 2.45) is 17.8 Å². The molecule has 7 nitrogen and oxygen atoms in total. The van der Waals surface area contributed by atoms with Gasteiger partial charge in [0.2, 0.25) is 5.91 Å². The average molecular weight is 594 g/mol. The van der Waals surface area contributed by atoms with Crippen LogP contribution in [0, 0.1) is 17.8 Å². The van der Waals surface area contributed by atoms with Gasteiger partial charge in [-0.1, -0.05) is 6.07 Å². The highest BCUT2D eigenvalue weighted by Gasteiger charge is 2.39. The Morgan fingerprint density at radius 3 is 2.33 bits per heavy atom. The fourth-order valence-electron chi connectivity index (χ4n) is 7.11. The molecule has 3 aromatic rings. The van der Waals surface area contributed by atoms with Gasteiger partial charge >= 0.3 is 6.18 Å². The number of amides is 1. The Labute approximate surface area is 250 Å². The molecule has 2 aliphatic heterocycles. The first-order chi connectivity index (χ1) is 20.7. The molecule has 2 aromatic heterocycles. The molecule has 1 N–H and O–H groups in total. The van der Waals surface area contributed by atoms with Crippen molar-refractivity contribution in [1.29, 1.82) is 0 Å². The van der Waals surface area contributed by atoms with E-state index in [2.05, 4.69) is 15.0 Å². The van der Waals surface area contributed by atoms with Gasteiger partial charge in [0, 0.05) is 61.9 Å². The number of aliphatic hydroxyl groups is 1. The summed E-state index contributed by atoms with van der Waals surface area (Å²) in [5.74, 6) is 1.72. The van der Waals surface area contributed by atoms with Gasteiger partial charge in [0.05, 0.1) is 11.3 Å². The number of pyridine rings is 1. The number of hydrogen-bond donors (Lipinski definition) is 1. The van der Waals surface area contributed by atoms with Crippen molar-refractivity contribution >= 4 is 11.6 Å². The fourth-order valence-corrected chi connectivity index (χ4v) is 7.11. The second kappa shape index (κ2) is 12.2. The van der Waals surface area contributed by atoms with E-state index in [0.717, 1.165) is 50.4 Å². The quantitative estimate of drug-likeness (QED) is 0.373. The van der Waals surface area contributed by atoms with E-state index in [4.69, 9.17) is 0 Å². The van der Waals surface area contributed by atoms with Gasteiger partial charge in [0.1, 0.15) is 5.60 Å². The Hall–Kier alpha value is -3.53. The number of aromatic nitrogens is 3. The monoisotopic (exact) mass is 593 g/mol. The molecule has 1 saturated carbocycles. The van der Waals surface area contributed by atoms with E-state index in [1.165, 1.54) is 12.1 Å². The molecule has 3 fully saturated rings. The zero-order valence-electron chi connectivity index (χ0n) is 24.2. The Balaban J connectivity index is 0.955. The summed E-state index contributed by atoms with van der Waals surface area (Å²) in [6.07, 6.45) is 7.34. The number of piperidine rings is 1. The van der Waals surface area contributed by atoms with Crippen LogP contribution < -0.4 is 4.90 Å². The third kappa shape index (κ3) is 6.69. The van der Waals surface area contributed by atoms with E-state index >= 15 is 0 Å². The second-order valence-electron chi connectivity index (χ2n) is 12.5. The number of carbonyl (C=O) groups is 1. The fraction of sp³-hybridized carbons (Fsp3) is 0.515. The average Bonchev–Trinajstić information content (AvgIpc) is 3.51. The molecule has 1 amide bonds. The van der Waals surface area contributed by atoms with Crippen LogP contribution in [0.4, 0.5) is 18.9 Å². The number of carbonyl (C=O) groups excluding carboxylic acids is 1. The number of likely N-dealkylation sites (tertiary alicyclic amines) is 1. The Kier molecular flexibility index (Phi) is 8.40. The summed E-state index contributed by atoms with van der Waals surface area (Å²) in [5, 5.41) is 11.4. The van der Waals surface area contributed by atoms with Crippen molar-refractivity contribution in [3.63, 3.8) is 0 Å². The molecule has 2 saturated heterocycles. The Bertz CT molecular complexity index is 1390. The molecule has 10 heteroatoms. The molecule has 43 heavy (non-hydrogen) atoms. The highest BCUT2D eigenvalue weighted by Crippen LogP contribution is 2.42. The van der Waals surface area contributed by atoms with Crippen LogP contribution in [-0.2, 0) is 16.6 Å². The molecule has 1 aliphatic carbocycles. The number of anilines is 1. The second-order valence-corrected chi connectivity index (χ2v) is 12.5. The Morgan fingerprint density at radius 1 is 0.907 bits per heavy atom. The molecular formula is C33H38F3N5O2. The highest BCUT2D eigenvalue weighted by atomic mass is 19.4. The lowest BCUT2D eigenvalue weighted by molar-refractivity contribution is -0.137. The lowest BCUT2D eigenvalue weighted by Gasteiger charge is -2.36. The van der Waals surface area contributed by atoms with Gasteiger partial charge in [-0.25, -0.2) is 9.97 Å². The normalized spacial score (nSPS) is 25.2. The summed E-state index contributed by atoms with van der Waals surface area (Å²) >= 11 is 0. The summed E-state index contributed by atoms with van der Waals surface area (Å²) < 4.78 is 39.4. The van der Waals surface area contributed by atoms with Gasteiger partial charge in [-0.05, 0) is 99.6 Å². The van der Waals surface area contributed by atoms with Crippen LogP contribution in [0.15, 0.2) is 61.1 Å². The summed E-state index contributed by atoms with van der Waals surface area (Å²) in [4.78, 5) is 30.4. The van der Waals surface area contributed by atoms with Crippen molar-refractivity contribution in [2.75, 3.05) is 31.1 Å². The molecule has 228 valence electrons. The van der Waals surface area contributed by atoms with Crippen LogP contribution in [0.5, 0.6) is 0 Å². The van der Waals surface area contributed by atoms with Gasteiger partial charge in [-0.15, -0.1) is 0 Å². The predicted octanol–water partition coefficient (Wildman–Crippen LogP) is 6.09. The predicted molar refractivity (Wildman–Crippen MR) is 157 cm³/mol. The van der Waals surface area contributed by atoms with Crippen molar-refractivity contribution in [2.45, 2.75) is 63.1 Å². The first-order valence-electron chi connectivity index (χ1n) is 15.4. The molecule has 0 radical (unpaired) electrons. The number of alkyl halides is 3. The van der Waals surface area contributed by atoms with E-state index in [-0.39, 0.29) is 11.8 Å². The molecule has 4 heterocycles. The SMILES string of the molecule is O=C(C1CCN(c2cccc(C(F)(F)F)c2)CC1)N1CCC(CC2CCC(O)(c3ccc(-c4ncccn4)cn3)CC2)C1. The van der Waals surface area contributed by atoms with Gasteiger partial charge in [0.15, 0.2) is 5.82 Å². The Morgan fingerprint density at radius 2 is 1.65 bits per heavy atom. The zero-order valence-corrected chi connectivity index (χ0v) is 24.2. The minimum Gasteiger partial charge on any atom is -0.384 e. The van der Waals surface area contributed by atoms with E-state index in [1.807, 2.05) is 21.9 Å². The smallest absolute Gasteiger partial charge is 0.384 e. The van der Waals surface area contributed by atoms with Crippen molar-refractivity contribution in [1.82, 2.24) is 19.9 Å². The van der Waals surface area contributed by atoms with Crippen molar-refractivity contribution in [3.8, 4) is 11.4 Å². The maximum Gasteiger partial charge on any atom is 0.416 e. The minimum absolute atomic E-state index is 0.0715. The molecule has 1 unspecified atom stereocenters. The topological polar surface area (TPSA) is 82.5 Å². The summed E-state index contributed by atoms with van der Waals surface area (Å²) in [6, 6.07) is 11.0. The van der Waals surface area contributed by atoms with Crippen LogP contribution >= 0.6 is 0 Å². The maximum atomic E-state index is 13.3. The maximum absolute atomic E-state index is 13.3. The number of benzene rings is 1. The van der Waals surface area contributed by atoms with Crippen LogP contribution in [0.1, 0.15) is 62.6 Å². The number of nitrogens with zero attached hydrogens (tertiary/aromatic N) is 5. The summed E-state index contributed by atoms with van der Waals surface area (Å²) in [5.41, 5.74) is 0.521. The third-order valence-electron chi connectivity index (χ3n) is 9.64. The molecular weight excluding hydrogens is 555 g/mol. The highest BCUT2D eigenvalue weighted by molar-refractivity contribution is 5.79. The zero-order chi connectivity index (χ0) is 30.0. The standard InChI is InChI=1S/C33H38F3N5O2/c34-33(35,36)27-3-1-4-28(20-27)40-17-10-25(11-18-40)31(42)41-16-9-24(22-41)19-23-7-12-32(43,13-8-23)29-6-5-26(21-39-29)30-37-14-2-15-38-30/h1-6,14-15,20-21,23-25,43H,7-13,16-19,22H2. The summed E-state index contributed by atoms with van der Waals surface area (Å²) in [7, 11) is 0. The number of halogens is 3. The van der Waals surface area contributed by atoms with Crippen LogP contribution in [0.25, 0.3) is 11.4 Å². The molecule has 1 aromatic carbocycles. The third-order valence-corrected chi connectivity index (χ3v) is 9.64. The van der Waals surface area contributed by atoms with E-state index < -0.39 is 17.3 Å². The van der Waals surface area contributed by atoms with Crippen molar-refractivity contribution < 1.29 is 23.1 Å². The summed E-state index contributed by atoms with van der Waals surface area (Å²) in [6.45, 7) is 2.71. The lowest BCUT2D eigenvalue weighted by Crippen LogP contribution is -2.42. The van der Waals surface area contributed by atoms with Gasteiger partial charge in [-0.2, -0.15) is 13.2 Å². The molecule has 0 spiro atoms. The lowest BCUT2D eigenvalue weighted by atomic mass is 9.74. The molecule has 3 aliphatic rings. The largest absolute Gasteiger partial charge is 0.416 e.